The Kier molecular flexibility index (Phi) is 5.72. The molecule has 0 bridgehead atoms. The number of nitrogens with zero attached hydrogens (tertiary/aromatic N) is 4. The van der Waals surface area contributed by atoms with Crippen molar-refractivity contribution in [3.63, 3.8) is 0 Å². The van der Waals surface area contributed by atoms with Crippen LogP contribution in [0.3, 0.4) is 0 Å². The molecule has 30 heavy (non-hydrogen) atoms. The summed E-state index contributed by atoms with van der Waals surface area (Å²) in [6, 6.07) is 8.72. The molecule has 0 fully saturated rings. The number of carbonyl (C=O) groups excluding carboxylic acids is 1. The second-order valence-corrected chi connectivity index (χ2v) is 9.87. The lowest BCUT2D eigenvalue weighted by atomic mass is 10.0. The summed E-state index contributed by atoms with van der Waals surface area (Å²) in [4.78, 5) is 18.9. The highest BCUT2D eigenvalue weighted by molar-refractivity contribution is 7.89. The Hall–Kier alpha value is -2.56. The van der Waals surface area contributed by atoms with E-state index < -0.39 is 10.0 Å². The van der Waals surface area contributed by atoms with E-state index in [-0.39, 0.29) is 29.8 Å². The molecule has 1 aliphatic rings. The molecule has 158 valence electrons. The minimum atomic E-state index is -3.76. The molecule has 0 N–H and O–H groups in total. The molecule has 0 unspecified atom stereocenters. The van der Waals surface area contributed by atoms with Crippen LogP contribution in [0.25, 0.3) is 10.7 Å². The molecule has 4 rings (SSSR count). The minimum Gasteiger partial charge on any atom is -0.337 e. The van der Waals surface area contributed by atoms with E-state index in [0.717, 1.165) is 29.0 Å². The summed E-state index contributed by atoms with van der Waals surface area (Å²) in [5, 5.41) is 5.86. The van der Waals surface area contributed by atoms with Crippen LogP contribution in [0, 0.1) is 0 Å². The van der Waals surface area contributed by atoms with Crippen LogP contribution in [0.15, 0.2) is 45.1 Å². The van der Waals surface area contributed by atoms with E-state index in [9.17, 15) is 13.2 Å². The second-order valence-electron chi connectivity index (χ2n) is 6.98. The third-order valence-corrected chi connectivity index (χ3v) is 7.84. The summed E-state index contributed by atoms with van der Waals surface area (Å²) < 4.78 is 33.1. The normalized spacial score (nSPS) is 14.2. The van der Waals surface area contributed by atoms with Crippen LogP contribution < -0.4 is 4.90 Å². The number of benzene rings is 1. The van der Waals surface area contributed by atoms with Gasteiger partial charge >= 0.3 is 0 Å². The largest absolute Gasteiger partial charge is 0.337 e. The molecule has 10 heteroatoms. The maximum atomic E-state index is 13.3. The van der Waals surface area contributed by atoms with E-state index in [1.54, 1.807) is 30.0 Å². The molecule has 0 atom stereocenters. The van der Waals surface area contributed by atoms with Gasteiger partial charge in [0.05, 0.1) is 16.3 Å². The maximum Gasteiger partial charge on any atom is 0.243 e. The molecule has 2 aromatic heterocycles. The predicted octanol–water partition coefficient (Wildman–Crippen LogP) is 3.31. The number of aromatic nitrogens is 2. The Morgan fingerprint density at radius 2 is 2.17 bits per heavy atom. The van der Waals surface area contributed by atoms with Crippen LogP contribution >= 0.6 is 11.3 Å². The van der Waals surface area contributed by atoms with E-state index in [1.165, 1.54) is 22.6 Å². The van der Waals surface area contributed by atoms with Crippen molar-refractivity contribution in [2.24, 2.45) is 0 Å². The van der Waals surface area contributed by atoms with Crippen LogP contribution in [-0.4, -0.2) is 41.9 Å². The van der Waals surface area contributed by atoms with Gasteiger partial charge in [0.2, 0.25) is 27.6 Å². The fourth-order valence-electron chi connectivity index (χ4n) is 3.55. The molecule has 0 aliphatic carbocycles. The number of thiophene rings is 1. The summed E-state index contributed by atoms with van der Waals surface area (Å²) >= 11 is 1.49. The van der Waals surface area contributed by atoms with Crippen molar-refractivity contribution in [1.29, 1.82) is 0 Å². The van der Waals surface area contributed by atoms with E-state index in [4.69, 9.17) is 4.52 Å². The number of fused-ring (bicyclic) bond motifs is 1. The Bertz CT molecular complexity index is 1160. The highest BCUT2D eigenvalue weighted by Gasteiger charge is 2.28. The molecule has 8 nitrogen and oxygen atoms in total. The average molecular weight is 447 g/mol. The highest BCUT2D eigenvalue weighted by atomic mass is 32.2. The van der Waals surface area contributed by atoms with Gasteiger partial charge in [-0.3, -0.25) is 4.79 Å². The van der Waals surface area contributed by atoms with Crippen LogP contribution in [0.5, 0.6) is 0 Å². The molecule has 1 amide bonds. The van der Waals surface area contributed by atoms with E-state index in [2.05, 4.69) is 10.1 Å². The zero-order valence-electron chi connectivity index (χ0n) is 16.7. The van der Waals surface area contributed by atoms with Gasteiger partial charge in [0, 0.05) is 25.7 Å². The fourth-order valence-corrected chi connectivity index (χ4v) is 5.65. The molecular weight excluding hydrogens is 424 g/mol. The van der Waals surface area contributed by atoms with Crippen molar-refractivity contribution >= 4 is 33.0 Å². The Balaban J connectivity index is 1.59. The predicted molar refractivity (Wildman–Crippen MR) is 114 cm³/mol. The average Bonchev–Trinajstić information content (AvgIpc) is 3.42. The lowest BCUT2D eigenvalue weighted by molar-refractivity contribution is -0.116. The number of hydrogen-bond donors (Lipinski definition) is 0. The van der Waals surface area contributed by atoms with Crippen LogP contribution in [0.1, 0.15) is 31.7 Å². The van der Waals surface area contributed by atoms with E-state index in [1.807, 2.05) is 17.5 Å². The first kappa shape index (κ1) is 20.7. The van der Waals surface area contributed by atoms with E-state index in [0.29, 0.717) is 12.4 Å². The fraction of sp³-hybridized carbons (Fsp3) is 0.350. The zero-order valence-corrected chi connectivity index (χ0v) is 18.4. The van der Waals surface area contributed by atoms with Crippen molar-refractivity contribution in [2.75, 3.05) is 18.0 Å². The summed E-state index contributed by atoms with van der Waals surface area (Å²) in [6.07, 6.45) is 1.55. The summed E-state index contributed by atoms with van der Waals surface area (Å²) in [7, 11) is -3.76. The lowest BCUT2D eigenvalue weighted by Gasteiger charge is -2.29. The summed E-state index contributed by atoms with van der Waals surface area (Å²) in [5.74, 6) is 0.649. The smallest absolute Gasteiger partial charge is 0.243 e. The SMILES string of the molecule is CCN(Cc1nc(-c2cccs2)no1)S(=O)(=O)c1ccc2c(c1)CCCN2C(C)=O. The molecule has 0 spiro atoms. The molecule has 3 aromatic rings. The summed E-state index contributed by atoms with van der Waals surface area (Å²) in [6.45, 7) is 4.19. The number of rotatable bonds is 6. The van der Waals surface area contributed by atoms with Crippen molar-refractivity contribution < 1.29 is 17.7 Å². The first-order valence-electron chi connectivity index (χ1n) is 9.67. The molecule has 1 aromatic carbocycles. The van der Waals surface area contributed by atoms with Gasteiger partial charge in [0.1, 0.15) is 0 Å². The number of anilines is 1. The van der Waals surface area contributed by atoms with Crippen LogP contribution in [0.4, 0.5) is 5.69 Å². The maximum absolute atomic E-state index is 13.3. The Morgan fingerprint density at radius 1 is 1.33 bits per heavy atom. The van der Waals surface area contributed by atoms with Crippen LogP contribution in [-0.2, 0) is 27.8 Å². The molecule has 0 radical (unpaired) electrons. The van der Waals surface area contributed by atoms with E-state index >= 15 is 0 Å². The monoisotopic (exact) mass is 446 g/mol. The number of carbonyl (C=O) groups is 1. The van der Waals surface area contributed by atoms with Gasteiger partial charge in [-0.2, -0.15) is 9.29 Å². The van der Waals surface area contributed by atoms with Crippen molar-refractivity contribution in [3.05, 3.63) is 47.2 Å². The molecular formula is C20H22N4O4S2. The molecule has 3 heterocycles. The van der Waals surface area contributed by atoms with Gasteiger partial charge < -0.3 is 9.42 Å². The van der Waals surface area contributed by atoms with Crippen molar-refractivity contribution in [2.45, 2.75) is 38.1 Å². The number of hydrogen-bond acceptors (Lipinski definition) is 7. The first-order valence-corrected chi connectivity index (χ1v) is 12.0. The molecule has 1 aliphatic heterocycles. The summed E-state index contributed by atoms with van der Waals surface area (Å²) in [5.41, 5.74) is 1.65. The second kappa shape index (κ2) is 8.29. The van der Waals surface area contributed by atoms with Gasteiger partial charge in [-0.15, -0.1) is 11.3 Å². The van der Waals surface area contributed by atoms with Crippen LogP contribution in [0.2, 0.25) is 0 Å². The van der Waals surface area contributed by atoms with Gasteiger partial charge in [-0.05, 0) is 48.1 Å². The topological polar surface area (TPSA) is 96.6 Å². The van der Waals surface area contributed by atoms with Gasteiger partial charge in [-0.1, -0.05) is 18.1 Å². The third-order valence-electron chi connectivity index (χ3n) is 5.06. The number of amides is 1. The quantitative estimate of drug-likeness (QED) is 0.576. The Morgan fingerprint density at radius 3 is 2.87 bits per heavy atom. The third kappa shape index (κ3) is 3.90. The zero-order chi connectivity index (χ0) is 21.3. The molecule has 0 saturated heterocycles. The highest BCUT2D eigenvalue weighted by Crippen LogP contribution is 2.31. The molecule has 0 saturated carbocycles. The standard InChI is InChI=1S/C20H22N4O4S2/c1-3-23(13-19-21-20(22-28-19)18-7-5-11-29-18)30(26,27)16-8-9-17-15(12-16)6-4-10-24(17)14(2)25/h5,7-9,11-12H,3-4,6,10,13H2,1-2H3. The van der Waals surface area contributed by atoms with Crippen molar-refractivity contribution in [1.82, 2.24) is 14.4 Å². The van der Waals surface area contributed by atoms with Crippen molar-refractivity contribution in [3.8, 4) is 10.7 Å². The lowest BCUT2D eigenvalue weighted by Crippen LogP contribution is -2.34. The van der Waals surface area contributed by atoms with Gasteiger partial charge in [0.15, 0.2) is 0 Å². The number of aryl methyl sites for hydroxylation is 1. The Labute approximate surface area is 179 Å². The minimum absolute atomic E-state index is 0.00609. The number of sulfonamides is 1. The van der Waals surface area contributed by atoms with Gasteiger partial charge in [0.25, 0.3) is 0 Å². The first-order chi connectivity index (χ1) is 14.4. The van der Waals surface area contributed by atoms with Gasteiger partial charge in [-0.25, -0.2) is 8.42 Å².